The molecule has 2 aliphatic rings. The monoisotopic (exact) mass is 1290 g/mol. The fraction of sp³-hybridized carbons (Fsp3) is 0.0652. The summed E-state index contributed by atoms with van der Waals surface area (Å²) in [5.41, 5.74) is 22.2. The van der Waals surface area contributed by atoms with Crippen LogP contribution in [0.3, 0.4) is 0 Å². The van der Waals surface area contributed by atoms with E-state index in [-0.39, 0.29) is 10.8 Å². The molecular formula is C92H60N2O2S2. The molecule has 0 unspecified atom stereocenters. The Balaban J connectivity index is 0.675. The van der Waals surface area contributed by atoms with E-state index in [0.717, 1.165) is 78.0 Å². The number of fused-ring (bicyclic) bond motifs is 20. The summed E-state index contributed by atoms with van der Waals surface area (Å²) in [4.78, 5) is 7.37. The van der Waals surface area contributed by atoms with Crippen molar-refractivity contribution in [2.24, 2.45) is 0 Å². The van der Waals surface area contributed by atoms with Crippen molar-refractivity contribution in [3.8, 4) is 43.1 Å². The Kier molecular flexibility index (Phi) is 11.7. The highest BCUT2D eigenvalue weighted by atomic mass is 32.1. The topological polar surface area (TPSA) is 32.8 Å². The van der Waals surface area contributed by atoms with Gasteiger partial charge < -0.3 is 18.6 Å². The number of thiophene rings is 2. The second kappa shape index (κ2) is 20.5. The van der Waals surface area contributed by atoms with Gasteiger partial charge in [0.15, 0.2) is 0 Å². The lowest BCUT2D eigenvalue weighted by atomic mass is 9.82. The normalized spacial score (nSPS) is 13.7. The first-order chi connectivity index (χ1) is 48.0. The molecule has 0 bridgehead atoms. The Morgan fingerprint density at radius 1 is 0.255 bits per heavy atom. The fourth-order valence-electron chi connectivity index (χ4n) is 16.8. The van der Waals surface area contributed by atoms with Crippen LogP contribution < -0.4 is 9.80 Å². The van der Waals surface area contributed by atoms with E-state index < -0.39 is 0 Å². The van der Waals surface area contributed by atoms with Crippen LogP contribution >= 0.6 is 22.7 Å². The third kappa shape index (κ3) is 8.29. The molecule has 19 aromatic rings. The predicted molar refractivity (Wildman–Crippen MR) is 417 cm³/mol. The standard InChI is InChI=1S/C92H60N2O2S2/c1-91(2)77-39-27-53-13-5-9-17-69(53)89(77)73-37-33-65(47-79(73)91)93(63-29-25-55-41-61(23-21-57(55)43-63)87-45-59-15-7-11-19-85(59)97-87)67-31-35-71-75-51-84-76(52-83(75)95-81(71)49-67)72-36-32-68(50-82(72)96-84)94(64-30-26-56-42-62(24-22-58(56)44-64)88-46-60-16-8-12-20-86(60)98-88)66-34-38-74-80(48-66)92(3,4)78-40-28-54-14-6-10-18-70(54)90(74)78/h5-52H,1-4H3. The van der Waals surface area contributed by atoms with Gasteiger partial charge in [-0.25, -0.2) is 0 Å². The molecule has 98 heavy (non-hydrogen) atoms. The van der Waals surface area contributed by atoms with Crippen LogP contribution in [0.4, 0.5) is 34.1 Å². The van der Waals surface area contributed by atoms with Crippen molar-refractivity contribution in [2.45, 2.75) is 38.5 Å². The molecule has 462 valence electrons. The van der Waals surface area contributed by atoms with Crippen molar-refractivity contribution in [2.75, 3.05) is 9.80 Å². The molecule has 0 aliphatic heterocycles. The van der Waals surface area contributed by atoms with Gasteiger partial charge >= 0.3 is 0 Å². The van der Waals surface area contributed by atoms with E-state index in [2.05, 4.69) is 329 Å². The van der Waals surface area contributed by atoms with Crippen LogP contribution in [0.1, 0.15) is 49.9 Å². The number of hydrogen-bond acceptors (Lipinski definition) is 6. The molecule has 0 amide bonds. The quantitative estimate of drug-likeness (QED) is 0.152. The summed E-state index contributed by atoms with van der Waals surface area (Å²) in [5, 5.41) is 16.5. The van der Waals surface area contributed by atoms with Crippen LogP contribution in [0.25, 0.3) is 150 Å². The van der Waals surface area contributed by atoms with E-state index in [9.17, 15) is 0 Å². The molecule has 0 saturated heterocycles. The lowest BCUT2D eigenvalue weighted by Crippen LogP contribution is -2.16. The zero-order valence-electron chi connectivity index (χ0n) is 54.2. The van der Waals surface area contributed by atoms with Gasteiger partial charge in [0.05, 0.1) is 0 Å². The molecule has 21 rings (SSSR count). The summed E-state index contributed by atoms with van der Waals surface area (Å²) >= 11 is 3.70. The van der Waals surface area contributed by atoms with Crippen LogP contribution in [-0.2, 0) is 10.8 Å². The molecule has 0 spiro atoms. The number of nitrogens with zero attached hydrogens (tertiary/aromatic N) is 2. The minimum absolute atomic E-state index is 0.221. The zero-order valence-corrected chi connectivity index (χ0v) is 55.9. The van der Waals surface area contributed by atoms with Crippen LogP contribution in [0, 0.1) is 0 Å². The van der Waals surface area contributed by atoms with Crippen molar-refractivity contribution in [3.63, 3.8) is 0 Å². The molecule has 0 saturated carbocycles. The van der Waals surface area contributed by atoms with Crippen molar-refractivity contribution in [1.82, 2.24) is 0 Å². The number of rotatable bonds is 8. The van der Waals surface area contributed by atoms with Crippen LogP contribution in [0.5, 0.6) is 0 Å². The average Bonchev–Trinajstić information content (AvgIpc) is 1.56. The van der Waals surface area contributed by atoms with Gasteiger partial charge in [0.2, 0.25) is 0 Å². The summed E-state index contributed by atoms with van der Waals surface area (Å²) in [6.45, 7) is 9.51. The molecule has 4 aromatic heterocycles. The molecule has 6 heteroatoms. The van der Waals surface area contributed by atoms with Crippen molar-refractivity contribution in [1.29, 1.82) is 0 Å². The molecule has 0 atom stereocenters. The minimum Gasteiger partial charge on any atom is -0.456 e. The van der Waals surface area contributed by atoms with Gasteiger partial charge in [0.25, 0.3) is 0 Å². The number of anilines is 6. The maximum Gasteiger partial charge on any atom is 0.137 e. The lowest BCUT2D eigenvalue weighted by Gasteiger charge is -2.28. The molecule has 4 heterocycles. The lowest BCUT2D eigenvalue weighted by molar-refractivity contribution is 0.660. The number of hydrogen-bond donors (Lipinski definition) is 0. The summed E-state index contributed by atoms with van der Waals surface area (Å²) < 4.78 is 16.7. The number of benzene rings is 15. The van der Waals surface area contributed by atoms with Crippen molar-refractivity contribution < 1.29 is 8.83 Å². The van der Waals surface area contributed by atoms with E-state index in [4.69, 9.17) is 8.83 Å². The summed E-state index contributed by atoms with van der Waals surface area (Å²) in [7, 11) is 0. The van der Waals surface area contributed by atoms with Gasteiger partial charge in [-0.3, -0.25) is 0 Å². The van der Waals surface area contributed by atoms with Crippen LogP contribution in [-0.4, -0.2) is 0 Å². The predicted octanol–water partition coefficient (Wildman–Crippen LogP) is 27.4. The Hall–Kier alpha value is -11.5. The molecular weight excluding hydrogens is 1230 g/mol. The first kappa shape index (κ1) is 55.7. The van der Waals surface area contributed by atoms with Gasteiger partial charge in [0, 0.05) is 97.8 Å². The Bertz CT molecular complexity index is 6200. The highest BCUT2D eigenvalue weighted by Gasteiger charge is 2.39. The first-order valence-corrected chi connectivity index (χ1v) is 35.5. The smallest absolute Gasteiger partial charge is 0.137 e. The highest BCUT2D eigenvalue weighted by Crippen LogP contribution is 2.56. The van der Waals surface area contributed by atoms with Gasteiger partial charge in [-0.05, 0) is 231 Å². The summed E-state index contributed by atoms with van der Waals surface area (Å²) in [6, 6.07) is 108. The van der Waals surface area contributed by atoms with Gasteiger partial charge in [0.1, 0.15) is 22.3 Å². The third-order valence-electron chi connectivity index (χ3n) is 21.7. The highest BCUT2D eigenvalue weighted by molar-refractivity contribution is 7.22. The Morgan fingerprint density at radius 3 is 1.07 bits per heavy atom. The molecule has 15 aromatic carbocycles. The molecule has 0 N–H and O–H groups in total. The van der Waals surface area contributed by atoms with Crippen molar-refractivity contribution in [3.05, 3.63) is 313 Å². The Morgan fingerprint density at radius 2 is 0.612 bits per heavy atom. The van der Waals surface area contributed by atoms with E-state index in [1.165, 1.54) is 129 Å². The maximum atomic E-state index is 7.06. The number of furan rings is 2. The van der Waals surface area contributed by atoms with Gasteiger partial charge in [-0.15, -0.1) is 22.7 Å². The summed E-state index contributed by atoms with van der Waals surface area (Å²) in [5.74, 6) is 0. The summed E-state index contributed by atoms with van der Waals surface area (Å²) in [6.07, 6.45) is 0. The molecule has 0 fully saturated rings. The van der Waals surface area contributed by atoms with Crippen molar-refractivity contribution >= 4 is 164 Å². The van der Waals surface area contributed by atoms with Crippen LogP contribution in [0.2, 0.25) is 0 Å². The fourth-order valence-corrected chi connectivity index (χ4v) is 18.9. The van der Waals surface area contributed by atoms with Crippen LogP contribution in [0.15, 0.2) is 300 Å². The molecule has 0 radical (unpaired) electrons. The zero-order chi connectivity index (χ0) is 64.9. The minimum atomic E-state index is -0.221. The Labute approximate surface area is 573 Å². The molecule has 2 aliphatic carbocycles. The first-order valence-electron chi connectivity index (χ1n) is 33.8. The van der Waals surface area contributed by atoms with E-state index >= 15 is 0 Å². The SMILES string of the molecule is CC1(C)c2cc(N(c3ccc4cc(-c5cc6ccccc6s5)ccc4c3)c3ccc4c(c3)oc3cc5c(cc34)oc3cc(N(c4ccc6c(c4)C(C)(C)c4ccc7ccccc7c4-6)c4ccc6cc(-c7cc8ccccc8s7)ccc6c4)ccc35)ccc2-c2c1ccc1ccccc21. The van der Waals surface area contributed by atoms with Gasteiger partial charge in [-0.2, -0.15) is 0 Å². The largest absolute Gasteiger partial charge is 0.456 e. The second-order valence-electron chi connectivity index (χ2n) is 28.0. The molecule has 4 nitrogen and oxygen atoms in total. The maximum absolute atomic E-state index is 7.06. The second-order valence-corrected chi connectivity index (χ2v) is 30.2. The average molecular weight is 1290 g/mol. The third-order valence-corrected chi connectivity index (χ3v) is 24.1. The van der Waals surface area contributed by atoms with E-state index in [1.807, 2.05) is 22.7 Å². The van der Waals surface area contributed by atoms with Gasteiger partial charge in [-0.1, -0.05) is 185 Å². The van der Waals surface area contributed by atoms with E-state index in [0.29, 0.717) is 0 Å². The van der Waals surface area contributed by atoms with E-state index in [1.54, 1.807) is 0 Å².